The van der Waals surface area contributed by atoms with Gasteiger partial charge in [0.25, 0.3) is 0 Å². The molecule has 0 atom stereocenters. The minimum atomic E-state index is -0.376. The van der Waals surface area contributed by atoms with Crippen LogP contribution in [0.5, 0.6) is 0 Å². The van der Waals surface area contributed by atoms with Gasteiger partial charge in [-0.1, -0.05) is 44.7 Å². The predicted octanol–water partition coefficient (Wildman–Crippen LogP) is 3.11. The highest BCUT2D eigenvalue weighted by atomic mass is 16.5. The van der Waals surface area contributed by atoms with Gasteiger partial charge in [0.05, 0.1) is 0 Å². The van der Waals surface area contributed by atoms with Gasteiger partial charge in [0.15, 0.2) is 0 Å². The summed E-state index contributed by atoms with van der Waals surface area (Å²) in [5, 5.41) is 0. The normalized spacial score (nSPS) is 10.2. The zero-order valence-electron chi connectivity index (χ0n) is 9.90. The zero-order valence-corrected chi connectivity index (χ0v) is 9.90. The van der Waals surface area contributed by atoms with Crippen molar-refractivity contribution in [1.82, 2.24) is 0 Å². The number of rotatable bonds is 5. The van der Waals surface area contributed by atoms with Gasteiger partial charge in [-0.25, -0.2) is 4.79 Å². The number of carbonyl (C=O) groups excluding carboxylic acids is 1. The van der Waals surface area contributed by atoms with E-state index < -0.39 is 0 Å². The summed E-state index contributed by atoms with van der Waals surface area (Å²) in [6, 6.07) is 8.04. The molecule has 0 heterocycles. The Kier molecular flexibility index (Phi) is 4.77. The van der Waals surface area contributed by atoms with E-state index in [0.29, 0.717) is 12.5 Å². The van der Waals surface area contributed by atoms with E-state index in [-0.39, 0.29) is 5.97 Å². The molecule has 0 bridgehead atoms. The first-order valence-corrected chi connectivity index (χ1v) is 5.49. The van der Waals surface area contributed by atoms with Crippen LogP contribution in [0, 0.1) is 5.92 Å². The average Bonchev–Trinajstić information content (AvgIpc) is 2.26. The second-order valence-electron chi connectivity index (χ2n) is 4.18. The fourth-order valence-electron chi connectivity index (χ4n) is 1.55. The number of benzene rings is 1. The third kappa shape index (κ3) is 3.89. The molecule has 0 N–H and O–H groups in total. The van der Waals surface area contributed by atoms with Crippen molar-refractivity contribution >= 4 is 5.97 Å². The Balaban J connectivity index is 2.70. The van der Waals surface area contributed by atoms with Gasteiger partial charge in [-0.05, 0) is 23.5 Å². The lowest BCUT2D eigenvalue weighted by atomic mass is 9.98. The Morgan fingerprint density at radius 2 is 2.00 bits per heavy atom. The van der Waals surface area contributed by atoms with Gasteiger partial charge in [0.2, 0.25) is 0 Å². The molecule has 0 aliphatic heterocycles. The number of carbonyl (C=O) groups is 1. The molecule has 1 rings (SSSR count). The molecule has 0 aliphatic carbocycles. The molecular weight excluding hydrogens is 200 g/mol. The van der Waals surface area contributed by atoms with E-state index >= 15 is 0 Å². The first-order chi connectivity index (χ1) is 7.63. The Hall–Kier alpha value is -1.57. The second-order valence-corrected chi connectivity index (χ2v) is 4.18. The molecular formula is C14H18O2. The van der Waals surface area contributed by atoms with Crippen LogP contribution in [-0.4, -0.2) is 5.97 Å². The van der Waals surface area contributed by atoms with Gasteiger partial charge in [0.1, 0.15) is 6.61 Å². The fraction of sp³-hybridized carbons (Fsp3) is 0.357. The van der Waals surface area contributed by atoms with Crippen molar-refractivity contribution in [2.45, 2.75) is 26.9 Å². The molecule has 0 saturated heterocycles. The Morgan fingerprint density at radius 3 is 2.56 bits per heavy atom. The largest absolute Gasteiger partial charge is 0.458 e. The molecule has 0 fully saturated rings. The Bertz CT molecular complexity index is 367. The van der Waals surface area contributed by atoms with E-state index in [2.05, 4.69) is 26.5 Å². The summed E-state index contributed by atoms with van der Waals surface area (Å²) in [6.45, 7) is 8.04. The van der Waals surface area contributed by atoms with Crippen molar-refractivity contribution in [2.24, 2.45) is 5.92 Å². The summed E-state index contributed by atoms with van der Waals surface area (Å²) in [5.41, 5.74) is 2.32. The van der Waals surface area contributed by atoms with E-state index in [0.717, 1.165) is 12.0 Å². The van der Waals surface area contributed by atoms with Gasteiger partial charge >= 0.3 is 5.97 Å². The molecule has 0 aliphatic rings. The highest BCUT2D eigenvalue weighted by Gasteiger charge is 2.05. The lowest BCUT2D eigenvalue weighted by molar-refractivity contribution is -0.138. The maximum atomic E-state index is 11.0. The fourth-order valence-corrected chi connectivity index (χ4v) is 1.55. The van der Waals surface area contributed by atoms with Crippen LogP contribution in [0.25, 0.3) is 0 Å². The maximum Gasteiger partial charge on any atom is 0.330 e. The van der Waals surface area contributed by atoms with Crippen LogP contribution in [0.3, 0.4) is 0 Å². The van der Waals surface area contributed by atoms with Crippen molar-refractivity contribution in [1.29, 1.82) is 0 Å². The van der Waals surface area contributed by atoms with E-state index in [9.17, 15) is 4.79 Å². The van der Waals surface area contributed by atoms with Gasteiger partial charge in [-0.15, -0.1) is 0 Å². The average molecular weight is 218 g/mol. The van der Waals surface area contributed by atoms with E-state index in [1.54, 1.807) is 0 Å². The summed E-state index contributed by atoms with van der Waals surface area (Å²) in [7, 11) is 0. The van der Waals surface area contributed by atoms with Gasteiger partial charge in [-0.2, -0.15) is 0 Å². The van der Waals surface area contributed by atoms with Crippen molar-refractivity contribution in [3.63, 3.8) is 0 Å². The molecule has 0 saturated carbocycles. The topological polar surface area (TPSA) is 26.3 Å². The molecule has 0 spiro atoms. The monoisotopic (exact) mass is 218 g/mol. The number of esters is 1. The zero-order chi connectivity index (χ0) is 12.0. The molecule has 1 aromatic rings. The van der Waals surface area contributed by atoms with Gasteiger partial charge in [-0.3, -0.25) is 0 Å². The second kappa shape index (κ2) is 6.11. The van der Waals surface area contributed by atoms with Crippen molar-refractivity contribution < 1.29 is 9.53 Å². The van der Waals surface area contributed by atoms with Crippen molar-refractivity contribution in [3.05, 3.63) is 48.0 Å². The minimum absolute atomic E-state index is 0.327. The van der Waals surface area contributed by atoms with Crippen LogP contribution in [0.1, 0.15) is 25.0 Å². The molecule has 2 heteroatoms. The third-order valence-corrected chi connectivity index (χ3v) is 2.28. The molecule has 0 aromatic heterocycles. The predicted molar refractivity (Wildman–Crippen MR) is 65.0 cm³/mol. The SMILES string of the molecule is C=CC(=O)OCc1ccccc1CC(C)C. The van der Waals surface area contributed by atoms with Crippen LogP contribution in [0.4, 0.5) is 0 Å². The van der Waals surface area contributed by atoms with Gasteiger partial charge in [0, 0.05) is 6.08 Å². The summed E-state index contributed by atoms with van der Waals surface area (Å²) < 4.78 is 5.04. The number of hydrogen-bond acceptors (Lipinski definition) is 2. The summed E-state index contributed by atoms with van der Waals surface area (Å²) >= 11 is 0. The van der Waals surface area contributed by atoms with E-state index in [4.69, 9.17) is 4.74 Å². The molecule has 0 unspecified atom stereocenters. The van der Waals surface area contributed by atoms with Crippen LogP contribution >= 0.6 is 0 Å². The Morgan fingerprint density at radius 1 is 1.38 bits per heavy atom. The lowest BCUT2D eigenvalue weighted by Gasteiger charge is -2.11. The van der Waals surface area contributed by atoms with Crippen molar-refractivity contribution in [3.8, 4) is 0 Å². The first kappa shape index (κ1) is 12.5. The van der Waals surface area contributed by atoms with E-state index in [1.807, 2.05) is 18.2 Å². The highest BCUT2D eigenvalue weighted by Crippen LogP contribution is 2.14. The molecule has 16 heavy (non-hydrogen) atoms. The molecule has 2 nitrogen and oxygen atoms in total. The van der Waals surface area contributed by atoms with Gasteiger partial charge < -0.3 is 4.74 Å². The quantitative estimate of drug-likeness (QED) is 0.560. The highest BCUT2D eigenvalue weighted by molar-refractivity contribution is 5.81. The standard InChI is InChI=1S/C14H18O2/c1-4-14(15)16-10-13-8-6-5-7-12(13)9-11(2)3/h4-8,11H,1,9-10H2,2-3H3. The third-order valence-electron chi connectivity index (χ3n) is 2.28. The van der Waals surface area contributed by atoms with Crippen LogP contribution in [0.15, 0.2) is 36.9 Å². The smallest absolute Gasteiger partial charge is 0.330 e. The molecule has 86 valence electrons. The van der Waals surface area contributed by atoms with Crippen LogP contribution < -0.4 is 0 Å². The summed E-state index contributed by atoms with van der Waals surface area (Å²) in [5.74, 6) is 0.218. The minimum Gasteiger partial charge on any atom is -0.458 e. The first-order valence-electron chi connectivity index (χ1n) is 5.49. The Labute approximate surface area is 96.9 Å². The van der Waals surface area contributed by atoms with Crippen LogP contribution in [0.2, 0.25) is 0 Å². The molecule has 0 radical (unpaired) electrons. The number of ether oxygens (including phenoxy) is 1. The van der Waals surface area contributed by atoms with Crippen LogP contribution in [-0.2, 0) is 22.6 Å². The molecule has 0 amide bonds. The van der Waals surface area contributed by atoms with E-state index in [1.165, 1.54) is 11.6 Å². The summed E-state index contributed by atoms with van der Waals surface area (Å²) in [6.07, 6.45) is 2.19. The summed E-state index contributed by atoms with van der Waals surface area (Å²) in [4.78, 5) is 11.0. The van der Waals surface area contributed by atoms with Crippen molar-refractivity contribution in [2.75, 3.05) is 0 Å². The maximum absolute atomic E-state index is 11.0. The lowest BCUT2D eigenvalue weighted by Crippen LogP contribution is -2.04. The number of hydrogen-bond donors (Lipinski definition) is 0. The molecule has 1 aromatic carbocycles.